The van der Waals surface area contributed by atoms with Gasteiger partial charge in [-0.1, -0.05) is 0 Å². The number of aromatic nitrogens is 2. The minimum atomic E-state index is -0.874. The Kier molecular flexibility index (Phi) is 3.35. The summed E-state index contributed by atoms with van der Waals surface area (Å²) in [5.74, 6) is -1.04. The van der Waals surface area contributed by atoms with E-state index in [1.165, 1.54) is 12.1 Å². The summed E-state index contributed by atoms with van der Waals surface area (Å²) in [6.07, 6.45) is 4.88. The van der Waals surface area contributed by atoms with Crippen LogP contribution < -0.4 is 5.32 Å². The lowest BCUT2D eigenvalue weighted by Gasteiger charge is -2.44. The molecule has 146 valence electrons. The first-order valence-electron chi connectivity index (χ1n) is 9.88. The molecule has 0 saturated heterocycles. The summed E-state index contributed by atoms with van der Waals surface area (Å²) in [6.45, 7) is 0. The second kappa shape index (κ2) is 5.76. The first-order chi connectivity index (χ1) is 14.1. The maximum Gasteiger partial charge on any atom is 0.148 e. The molecule has 0 unspecified atom stereocenters. The number of anilines is 1. The van der Waals surface area contributed by atoms with Crippen molar-refractivity contribution in [2.75, 3.05) is 5.32 Å². The first kappa shape index (κ1) is 16.9. The largest absolute Gasteiger partial charge is 0.375 e. The van der Waals surface area contributed by atoms with Crippen molar-refractivity contribution in [1.82, 2.24) is 10.2 Å². The first-order valence-corrected chi connectivity index (χ1v) is 9.88. The van der Waals surface area contributed by atoms with Gasteiger partial charge in [0.2, 0.25) is 0 Å². The second-order valence-corrected chi connectivity index (χ2v) is 8.50. The molecule has 0 radical (unpaired) electrons. The van der Waals surface area contributed by atoms with Crippen molar-refractivity contribution in [3.05, 3.63) is 58.5 Å². The van der Waals surface area contributed by atoms with Crippen molar-refractivity contribution in [3.63, 3.8) is 0 Å². The molecule has 1 aromatic heterocycles. The van der Waals surface area contributed by atoms with E-state index in [1.54, 1.807) is 12.3 Å². The van der Waals surface area contributed by atoms with Crippen molar-refractivity contribution in [3.8, 4) is 6.07 Å². The minimum Gasteiger partial charge on any atom is -0.375 e. The second-order valence-electron chi connectivity index (χ2n) is 8.50. The molecule has 3 aromatic rings. The van der Waals surface area contributed by atoms with E-state index in [9.17, 15) is 14.0 Å². The zero-order chi connectivity index (χ0) is 19.9. The van der Waals surface area contributed by atoms with E-state index in [2.05, 4.69) is 15.5 Å². The van der Waals surface area contributed by atoms with Crippen LogP contribution >= 0.6 is 0 Å². The number of nitriles is 1. The SMILES string of the molecule is N#Cc1cc([C@@H]2Nc3c(F)cc4[nH]ncc4c3[C@H]3[C@@H]4CC[C@@H](C4)[C@H]32)c(F)cc1F. The van der Waals surface area contributed by atoms with Gasteiger partial charge in [-0.25, -0.2) is 13.2 Å². The summed E-state index contributed by atoms with van der Waals surface area (Å²) >= 11 is 0. The molecule has 2 aromatic carbocycles. The lowest BCUT2D eigenvalue weighted by Crippen LogP contribution is -2.36. The van der Waals surface area contributed by atoms with Gasteiger partial charge in [0.05, 0.1) is 29.0 Å². The van der Waals surface area contributed by atoms with Gasteiger partial charge in [0, 0.05) is 23.1 Å². The Morgan fingerprint density at radius 2 is 1.86 bits per heavy atom. The molecule has 2 saturated carbocycles. The van der Waals surface area contributed by atoms with Gasteiger partial charge in [0.1, 0.15) is 23.5 Å². The topological polar surface area (TPSA) is 64.5 Å². The highest BCUT2D eigenvalue weighted by Gasteiger charge is 2.55. The molecular weight excluding hydrogens is 377 g/mol. The monoisotopic (exact) mass is 394 g/mol. The molecule has 1 aliphatic heterocycles. The van der Waals surface area contributed by atoms with Crippen LogP contribution in [0.15, 0.2) is 24.4 Å². The number of nitrogens with zero attached hydrogens (tertiary/aromatic N) is 2. The fourth-order valence-electron chi connectivity index (χ4n) is 6.25. The Hall–Kier alpha value is -3.01. The quantitative estimate of drug-likeness (QED) is 0.600. The molecule has 2 aliphatic carbocycles. The summed E-state index contributed by atoms with van der Waals surface area (Å²) in [5.41, 5.74) is 2.00. The lowest BCUT2D eigenvalue weighted by molar-refractivity contribution is 0.244. The highest BCUT2D eigenvalue weighted by Crippen LogP contribution is 2.65. The molecule has 7 heteroatoms. The van der Waals surface area contributed by atoms with E-state index in [4.69, 9.17) is 0 Å². The van der Waals surface area contributed by atoms with E-state index in [0.29, 0.717) is 23.0 Å². The molecule has 2 heterocycles. The average Bonchev–Trinajstić information content (AvgIpc) is 3.44. The summed E-state index contributed by atoms with van der Waals surface area (Å²) in [5, 5.41) is 20.3. The molecule has 29 heavy (non-hydrogen) atoms. The number of halogens is 3. The van der Waals surface area contributed by atoms with Crippen LogP contribution in [0.2, 0.25) is 0 Å². The van der Waals surface area contributed by atoms with Gasteiger partial charge in [-0.3, -0.25) is 5.10 Å². The smallest absolute Gasteiger partial charge is 0.148 e. The normalized spacial score (nSPS) is 29.4. The van der Waals surface area contributed by atoms with Crippen LogP contribution in [0, 0.1) is 46.5 Å². The zero-order valence-electron chi connectivity index (χ0n) is 15.3. The van der Waals surface area contributed by atoms with E-state index in [1.807, 2.05) is 0 Å². The lowest BCUT2D eigenvalue weighted by atomic mass is 9.67. The van der Waals surface area contributed by atoms with Crippen LogP contribution in [0.25, 0.3) is 10.9 Å². The predicted molar refractivity (Wildman–Crippen MR) is 101 cm³/mol. The highest BCUT2D eigenvalue weighted by molar-refractivity contribution is 5.89. The molecule has 4 nitrogen and oxygen atoms in total. The van der Waals surface area contributed by atoms with Crippen molar-refractivity contribution in [2.24, 2.45) is 17.8 Å². The molecule has 2 N–H and O–H groups in total. The maximum absolute atomic E-state index is 15.1. The fourth-order valence-corrected chi connectivity index (χ4v) is 6.25. The number of nitrogens with one attached hydrogen (secondary N) is 2. The number of hydrogen-bond acceptors (Lipinski definition) is 3. The Balaban J connectivity index is 1.59. The summed E-state index contributed by atoms with van der Waals surface area (Å²) in [4.78, 5) is 0. The number of aromatic amines is 1. The number of benzene rings is 2. The van der Waals surface area contributed by atoms with E-state index in [0.717, 1.165) is 36.3 Å². The van der Waals surface area contributed by atoms with Gasteiger partial charge in [0.15, 0.2) is 0 Å². The minimum absolute atomic E-state index is 0.0626. The highest BCUT2D eigenvalue weighted by atomic mass is 19.1. The molecule has 0 amide bonds. The van der Waals surface area contributed by atoms with Gasteiger partial charge in [0.25, 0.3) is 0 Å². The van der Waals surface area contributed by atoms with Crippen molar-refractivity contribution in [2.45, 2.75) is 31.2 Å². The van der Waals surface area contributed by atoms with Crippen LogP contribution in [0.1, 0.15) is 47.9 Å². The zero-order valence-corrected chi connectivity index (χ0v) is 15.3. The van der Waals surface area contributed by atoms with E-state index < -0.39 is 23.5 Å². The molecule has 0 spiro atoms. The van der Waals surface area contributed by atoms with Crippen LogP contribution in [0.3, 0.4) is 0 Å². The van der Waals surface area contributed by atoms with Crippen LogP contribution in [-0.4, -0.2) is 10.2 Å². The Labute approximate surface area is 164 Å². The van der Waals surface area contributed by atoms with Crippen molar-refractivity contribution in [1.29, 1.82) is 5.26 Å². The summed E-state index contributed by atoms with van der Waals surface area (Å²) in [6, 6.07) is 4.74. The predicted octanol–water partition coefficient (Wildman–Crippen LogP) is 5.15. The van der Waals surface area contributed by atoms with Crippen molar-refractivity contribution >= 4 is 16.6 Å². The fraction of sp³-hybridized carbons (Fsp3) is 0.364. The number of fused-ring (bicyclic) bond motifs is 9. The Morgan fingerprint density at radius 3 is 2.69 bits per heavy atom. The third-order valence-electron chi connectivity index (χ3n) is 7.28. The Bertz CT molecular complexity index is 1210. The molecule has 6 rings (SSSR count). The summed E-state index contributed by atoms with van der Waals surface area (Å²) < 4.78 is 43.8. The number of hydrogen-bond donors (Lipinski definition) is 2. The molecular formula is C22H17F3N4. The van der Waals surface area contributed by atoms with E-state index in [-0.39, 0.29) is 23.0 Å². The van der Waals surface area contributed by atoms with Crippen LogP contribution in [0.5, 0.6) is 0 Å². The average molecular weight is 394 g/mol. The van der Waals surface area contributed by atoms with Crippen LogP contribution in [0.4, 0.5) is 18.9 Å². The molecule has 3 aliphatic rings. The van der Waals surface area contributed by atoms with Crippen LogP contribution in [-0.2, 0) is 0 Å². The summed E-state index contributed by atoms with van der Waals surface area (Å²) in [7, 11) is 0. The van der Waals surface area contributed by atoms with Gasteiger partial charge in [-0.05, 0) is 54.6 Å². The standard InChI is InChI=1S/C22H17F3N4/c23-14-5-15(24)12(4-11(14)7-26)21-19-10-2-1-9(3-10)18(19)20-13-8-27-29-17(13)6-16(25)22(20)28-21/h4-6,8-10,18-19,21,28H,1-3H2,(H,27,29)/t9-,10+,18+,19-,21+/m1/s1. The van der Waals surface area contributed by atoms with Gasteiger partial charge in [-0.15, -0.1) is 0 Å². The molecule has 2 fully saturated rings. The third-order valence-corrected chi connectivity index (χ3v) is 7.28. The van der Waals surface area contributed by atoms with Gasteiger partial charge < -0.3 is 5.32 Å². The number of rotatable bonds is 1. The van der Waals surface area contributed by atoms with E-state index >= 15 is 4.39 Å². The number of H-pyrrole nitrogens is 1. The maximum atomic E-state index is 15.1. The third kappa shape index (κ3) is 2.17. The molecule has 5 atom stereocenters. The van der Waals surface area contributed by atoms with Crippen molar-refractivity contribution < 1.29 is 13.2 Å². The molecule has 2 bridgehead atoms. The van der Waals surface area contributed by atoms with Gasteiger partial charge in [-0.2, -0.15) is 10.4 Å². The Morgan fingerprint density at radius 1 is 1.03 bits per heavy atom. The van der Waals surface area contributed by atoms with Gasteiger partial charge >= 0.3 is 0 Å².